The quantitative estimate of drug-likeness (QED) is 0.653. The van der Waals surface area contributed by atoms with Gasteiger partial charge in [0.2, 0.25) is 0 Å². The average Bonchev–Trinajstić information content (AvgIpc) is 2.45. The number of carboxylic acid groups (broad SMARTS) is 1. The summed E-state index contributed by atoms with van der Waals surface area (Å²) in [6, 6.07) is 4.16. The lowest BCUT2D eigenvalue weighted by Gasteiger charge is -2.18. The van der Waals surface area contributed by atoms with Crippen LogP contribution in [-0.4, -0.2) is 47.3 Å². The van der Waals surface area contributed by atoms with E-state index >= 15 is 0 Å². The maximum absolute atomic E-state index is 12.0. The number of aliphatic hydroxyl groups is 1. The van der Waals surface area contributed by atoms with Crippen molar-refractivity contribution < 1.29 is 19.8 Å². The second-order valence-corrected chi connectivity index (χ2v) is 5.49. The lowest BCUT2D eigenvalue weighted by atomic mass is 10.2. The fourth-order valence-corrected chi connectivity index (χ4v) is 2.18. The first-order valence-electron chi connectivity index (χ1n) is 6.61. The number of carbonyl (C=O) groups is 2. The predicted octanol–water partition coefficient (Wildman–Crippen LogP) is 2.77. The van der Waals surface area contributed by atoms with Crippen molar-refractivity contribution in [3.8, 4) is 0 Å². The molecule has 0 saturated carbocycles. The highest BCUT2D eigenvalue weighted by atomic mass is 79.9. The Balaban J connectivity index is 2.56. The summed E-state index contributed by atoms with van der Waals surface area (Å²) in [5.74, 6) is -1.02. The molecule has 0 aliphatic rings. The van der Waals surface area contributed by atoms with Gasteiger partial charge in [0.25, 0.3) is 0 Å². The molecule has 0 aliphatic heterocycles. The maximum atomic E-state index is 12.0. The maximum Gasteiger partial charge on any atom is 0.335 e. The van der Waals surface area contributed by atoms with Crippen molar-refractivity contribution in [2.75, 3.05) is 25.5 Å². The molecule has 0 heterocycles. The molecule has 0 atom stereocenters. The van der Waals surface area contributed by atoms with Gasteiger partial charge >= 0.3 is 12.0 Å². The Morgan fingerprint density at radius 2 is 2.00 bits per heavy atom. The highest BCUT2D eigenvalue weighted by Gasteiger charge is 2.12. The van der Waals surface area contributed by atoms with E-state index in [9.17, 15) is 9.59 Å². The highest BCUT2D eigenvalue weighted by Crippen LogP contribution is 2.24. The van der Waals surface area contributed by atoms with Gasteiger partial charge in [0.1, 0.15) is 0 Å². The highest BCUT2D eigenvalue weighted by molar-refractivity contribution is 9.10. The fourth-order valence-electron chi connectivity index (χ4n) is 1.70. The molecule has 0 saturated heterocycles. The molecule has 2 amide bonds. The molecule has 7 heteroatoms. The normalized spacial score (nSPS) is 10.2. The van der Waals surface area contributed by atoms with Gasteiger partial charge in [-0.1, -0.05) is 0 Å². The monoisotopic (exact) mass is 358 g/mol. The number of rotatable bonds is 7. The van der Waals surface area contributed by atoms with Gasteiger partial charge in [0.15, 0.2) is 0 Å². The van der Waals surface area contributed by atoms with E-state index in [4.69, 9.17) is 10.2 Å². The zero-order valence-corrected chi connectivity index (χ0v) is 13.4. The molecule has 0 bridgehead atoms. The summed E-state index contributed by atoms with van der Waals surface area (Å²) in [5, 5.41) is 20.3. The minimum Gasteiger partial charge on any atom is -0.478 e. The fraction of sp³-hybridized carbons (Fsp3) is 0.429. The van der Waals surface area contributed by atoms with E-state index < -0.39 is 5.97 Å². The van der Waals surface area contributed by atoms with E-state index in [1.165, 1.54) is 12.1 Å². The zero-order valence-electron chi connectivity index (χ0n) is 11.8. The lowest BCUT2D eigenvalue weighted by molar-refractivity contribution is 0.0697. The average molecular weight is 359 g/mol. The number of amides is 2. The number of halogens is 1. The number of nitrogens with zero attached hydrogens (tertiary/aromatic N) is 1. The Morgan fingerprint density at radius 1 is 1.29 bits per heavy atom. The van der Waals surface area contributed by atoms with Gasteiger partial charge in [0, 0.05) is 24.7 Å². The smallest absolute Gasteiger partial charge is 0.335 e. The van der Waals surface area contributed by atoms with Gasteiger partial charge in [-0.05, 0) is 53.4 Å². The summed E-state index contributed by atoms with van der Waals surface area (Å²) < 4.78 is 0.518. The number of anilines is 1. The predicted molar refractivity (Wildman–Crippen MR) is 83.7 cm³/mol. The van der Waals surface area contributed by atoms with Gasteiger partial charge in [0.05, 0.1) is 11.3 Å². The number of carboxylic acids is 1. The van der Waals surface area contributed by atoms with Crippen LogP contribution in [0, 0.1) is 0 Å². The number of aromatic carboxylic acids is 1. The number of unbranched alkanes of at least 4 members (excludes halogenated alkanes) is 2. The van der Waals surface area contributed by atoms with E-state index in [0.717, 1.165) is 19.3 Å². The van der Waals surface area contributed by atoms with Crippen molar-refractivity contribution in [2.45, 2.75) is 19.3 Å². The molecule has 0 unspecified atom stereocenters. The van der Waals surface area contributed by atoms with E-state index in [2.05, 4.69) is 21.2 Å². The van der Waals surface area contributed by atoms with Gasteiger partial charge in [-0.15, -0.1) is 0 Å². The minimum atomic E-state index is -1.02. The molecule has 21 heavy (non-hydrogen) atoms. The van der Waals surface area contributed by atoms with E-state index in [0.29, 0.717) is 16.7 Å². The summed E-state index contributed by atoms with van der Waals surface area (Å²) in [6.07, 6.45) is 2.42. The molecule has 1 aromatic rings. The van der Waals surface area contributed by atoms with Crippen LogP contribution in [-0.2, 0) is 0 Å². The summed E-state index contributed by atoms with van der Waals surface area (Å²) in [4.78, 5) is 24.4. The van der Waals surface area contributed by atoms with Gasteiger partial charge in [-0.2, -0.15) is 0 Å². The molecule has 0 fully saturated rings. The van der Waals surface area contributed by atoms with Crippen LogP contribution in [0.1, 0.15) is 29.6 Å². The summed E-state index contributed by atoms with van der Waals surface area (Å²) in [5.41, 5.74) is 0.671. The van der Waals surface area contributed by atoms with Crippen molar-refractivity contribution in [2.24, 2.45) is 0 Å². The Labute approximate surface area is 131 Å². The van der Waals surface area contributed by atoms with Crippen LogP contribution in [0.5, 0.6) is 0 Å². The van der Waals surface area contributed by atoms with Crippen LogP contribution in [0.4, 0.5) is 10.5 Å². The van der Waals surface area contributed by atoms with Crippen LogP contribution in [0.3, 0.4) is 0 Å². The van der Waals surface area contributed by atoms with E-state index in [-0.39, 0.29) is 18.2 Å². The Bertz CT molecular complexity index is 508. The SMILES string of the molecule is CN(CCCCCO)C(=O)Nc1ccc(C(=O)O)cc1Br. The van der Waals surface area contributed by atoms with Crippen LogP contribution in [0.15, 0.2) is 22.7 Å². The van der Waals surface area contributed by atoms with Crippen molar-refractivity contribution in [3.05, 3.63) is 28.2 Å². The van der Waals surface area contributed by atoms with Crippen molar-refractivity contribution in [1.82, 2.24) is 4.90 Å². The zero-order chi connectivity index (χ0) is 15.8. The van der Waals surface area contributed by atoms with Gasteiger partial charge in [-0.3, -0.25) is 0 Å². The third-order valence-corrected chi connectivity index (χ3v) is 3.61. The molecule has 3 N–H and O–H groups in total. The first-order chi connectivity index (χ1) is 9.95. The van der Waals surface area contributed by atoms with E-state index in [1.807, 2.05) is 0 Å². The van der Waals surface area contributed by atoms with Crippen molar-refractivity contribution in [3.63, 3.8) is 0 Å². The number of carbonyl (C=O) groups excluding carboxylic acids is 1. The molecule has 116 valence electrons. The number of hydrogen-bond acceptors (Lipinski definition) is 3. The molecule has 0 aliphatic carbocycles. The Kier molecular flexibility index (Phi) is 7.18. The Hall–Kier alpha value is -1.60. The summed E-state index contributed by atoms with van der Waals surface area (Å²) >= 11 is 3.24. The van der Waals surface area contributed by atoms with Gasteiger partial charge in [-0.25, -0.2) is 9.59 Å². The first kappa shape index (κ1) is 17.5. The number of nitrogens with one attached hydrogen (secondary N) is 1. The standard InChI is InChI=1S/C14H19BrN2O4/c1-17(7-3-2-4-8-18)14(21)16-12-6-5-10(13(19)20)9-11(12)15/h5-6,9,18H,2-4,7-8H2,1H3,(H,16,21)(H,19,20). The van der Waals surface area contributed by atoms with Crippen LogP contribution in [0.2, 0.25) is 0 Å². The van der Waals surface area contributed by atoms with Gasteiger partial charge < -0.3 is 20.4 Å². The molecule has 1 aromatic carbocycles. The third kappa shape index (κ3) is 5.73. The molecule has 1 rings (SSSR count). The number of benzene rings is 1. The lowest BCUT2D eigenvalue weighted by Crippen LogP contribution is -2.32. The Morgan fingerprint density at radius 3 is 2.57 bits per heavy atom. The van der Waals surface area contributed by atoms with Crippen LogP contribution in [0.25, 0.3) is 0 Å². The van der Waals surface area contributed by atoms with Crippen LogP contribution >= 0.6 is 15.9 Å². The van der Waals surface area contributed by atoms with Crippen molar-refractivity contribution >= 4 is 33.6 Å². The second-order valence-electron chi connectivity index (χ2n) is 4.64. The molecule has 0 radical (unpaired) electrons. The molecular formula is C14H19BrN2O4. The minimum absolute atomic E-state index is 0.150. The summed E-state index contributed by atoms with van der Waals surface area (Å²) in [6.45, 7) is 0.759. The second kappa shape index (κ2) is 8.63. The summed E-state index contributed by atoms with van der Waals surface area (Å²) in [7, 11) is 1.69. The largest absolute Gasteiger partial charge is 0.478 e. The van der Waals surface area contributed by atoms with Crippen molar-refractivity contribution in [1.29, 1.82) is 0 Å². The molecular weight excluding hydrogens is 340 g/mol. The molecule has 0 spiro atoms. The number of hydrogen-bond donors (Lipinski definition) is 3. The third-order valence-electron chi connectivity index (χ3n) is 2.96. The molecule has 0 aromatic heterocycles. The number of aliphatic hydroxyl groups excluding tert-OH is 1. The number of urea groups is 1. The first-order valence-corrected chi connectivity index (χ1v) is 7.41. The molecule has 6 nitrogen and oxygen atoms in total. The van der Waals surface area contributed by atoms with E-state index in [1.54, 1.807) is 18.0 Å². The topological polar surface area (TPSA) is 89.9 Å². The van der Waals surface area contributed by atoms with Crippen LogP contribution < -0.4 is 5.32 Å².